The van der Waals surface area contributed by atoms with Crippen molar-refractivity contribution < 1.29 is 4.42 Å². The van der Waals surface area contributed by atoms with E-state index in [9.17, 15) is 0 Å². The number of fused-ring (bicyclic) bond motifs is 1. The van der Waals surface area contributed by atoms with Gasteiger partial charge in [-0.3, -0.25) is 4.90 Å². The average Bonchev–Trinajstić information content (AvgIpc) is 3.08. The average molecular weight is 355 g/mol. The molecular formula is C20H29N5O. The Bertz CT molecular complexity index is 709. The van der Waals surface area contributed by atoms with Gasteiger partial charge in [0, 0.05) is 50.6 Å². The molecule has 0 radical (unpaired) electrons. The molecule has 0 amide bonds. The molecule has 6 nitrogen and oxygen atoms in total. The van der Waals surface area contributed by atoms with Crippen molar-refractivity contribution in [3.63, 3.8) is 0 Å². The zero-order valence-electron chi connectivity index (χ0n) is 15.6. The lowest BCUT2D eigenvalue weighted by Crippen LogP contribution is -2.46. The number of furan rings is 1. The molecule has 2 N–H and O–H groups in total. The Morgan fingerprint density at radius 3 is 3.04 bits per heavy atom. The molecule has 26 heavy (non-hydrogen) atoms. The molecule has 0 aliphatic carbocycles. The number of nitrogens with one attached hydrogen (secondary N) is 2. The summed E-state index contributed by atoms with van der Waals surface area (Å²) in [6.07, 6.45) is 7.22. The molecule has 4 heterocycles. The Hall–Kier alpha value is -1.92. The van der Waals surface area contributed by atoms with Crippen LogP contribution in [0.4, 0.5) is 5.82 Å². The summed E-state index contributed by atoms with van der Waals surface area (Å²) in [6.45, 7) is 7.30. The summed E-state index contributed by atoms with van der Waals surface area (Å²) in [6, 6.07) is 4.62. The standard InChI is InChI=1S/C20H29N5O/c1-15-23-19-8-12-25(16-4-2-9-21-14-16)11-7-18(19)20(24-15)22-10-6-17-5-3-13-26-17/h3,5,13,16,21H,2,4,6-12,14H2,1H3,(H,22,23,24). The maximum Gasteiger partial charge on any atom is 0.133 e. The summed E-state index contributed by atoms with van der Waals surface area (Å²) in [7, 11) is 0. The molecule has 2 aromatic heterocycles. The molecule has 0 bridgehead atoms. The summed E-state index contributed by atoms with van der Waals surface area (Å²) in [5, 5.41) is 7.08. The van der Waals surface area contributed by atoms with E-state index >= 15 is 0 Å². The van der Waals surface area contributed by atoms with E-state index in [0.29, 0.717) is 6.04 Å². The van der Waals surface area contributed by atoms with Crippen LogP contribution in [0.5, 0.6) is 0 Å². The zero-order valence-corrected chi connectivity index (χ0v) is 15.6. The molecule has 0 saturated carbocycles. The van der Waals surface area contributed by atoms with Crippen LogP contribution in [0.15, 0.2) is 22.8 Å². The van der Waals surface area contributed by atoms with E-state index in [0.717, 1.165) is 62.8 Å². The van der Waals surface area contributed by atoms with Gasteiger partial charge in [0.05, 0.1) is 12.0 Å². The number of anilines is 1. The first-order valence-corrected chi connectivity index (χ1v) is 9.87. The second-order valence-corrected chi connectivity index (χ2v) is 7.34. The van der Waals surface area contributed by atoms with Crippen molar-refractivity contribution in [3.05, 3.63) is 41.2 Å². The fourth-order valence-electron chi connectivity index (χ4n) is 4.16. The first kappa shape index (κ1) is 17.5. The molecular weight excluding hydrogens is 326 g/mol. The van der Waals surface area contributed by atoms with Gasteiger partial charge >= 0.3 is 0 Å². The third-order valence-corrected chi connectivity index (χ3v) is 5.52. The lowest BCUT2D eigenvalue weighted by Gasteiger charge is -2.33. The fraction of sp³-hybridized carbons (Fsp3) is 0.600. The molecule has 140 valence electrons. The maximum atomic E-state index is 5.42. The Morgan fingerprint density at radius 1 is 1.31 bits per heavy atom. The highest BCUT2D eigenvalue weighted by molar-refractivity contribution is 5.47. The van der Waals surface area contributed by atoms with Crippen LogP contribution in [0.2, 0.25) is 0 Å². The number of nitrogens with zero attached hydrogens (tertiary/aromatic N) is 3. The lowest BCUT2D eigenvalue weighted by atomic mass is 10.1. The summed E-state index contributed by atoms with van der Waals surface area (Å²) in [5.74, 6) is 2.88. The van der Waals surface area contributed by atoms with Gasteiger partial charge in [0.15, 0.2) is 0 Å². The number of rotatable bonds is 5. The minimum atomic E-state index is 0.669. The van der Waals surface area contributed by atoms with Gasteiger partial charge < -0.3 is 15.1 Å². The molecule has 1 atom stereocenters. The molecule has 2 aliphatic rings. The Labute approximate surface area is 155 Å². The molecule has 4 rings (SSSR count). The highest BCUT2D eigenvalue weighted by atomic mass is 16.3. The van der Waals surface area contributed by atoms with E-state index in [1.54, 1.807) is 6.26 Å². The maximum absolute atomic E-state index is 5.42. The van der Waals surface area contributed by atoms with Crippen LogP contribution >= 0.6 is 0 Å². The van der Waals surface area contributed by atoms with Gasteiger partial charge in [-0.25, -0.2) is 9.97 Å². The summed E-state index contributed by atoms with van der Waals surface area (Å²) >= 11 is 0. The van der Waals surface area contributed by atoms with Gasteiger partial charge in [0.25, 0.3) is 0 Å². The molecule has 2 aliphatic heterocycles. The van der Waals surface area contributed by atoms with Crippen molar-refractivity contribution in [3.8, 4) is 0 Å². The lowest BCUT2D eigenvalue weighted by molar-refractivity contribution is 0.173. The highest BCUT2D eigenvalue weighted by Gasteiger charge is 2.25. The van der Waals surface area contributed by atoms with Crippen LogP contribution in [0.1, 0.15) is 35.7 Å². The monoisotopic (exact) mass is 355 g/mol. The SMILES string of the molecule is Cc1nc2c(c(NCCc3ccco3)n1)CCN(C1CCCNC1)CC2. The normalized spacial score (nSPS) is 21.2. The molecule has 6 heteroatoms. The van der Waals surface area contributed by atoms with Gasteiger partial charge in [-0.05, 0) is 44.9 Å². The number of aryl methyl sites for hydroxylation is 1. The van der Waals surface area contributed by atoms with Crippen LogP contribution < -0.4 is 10.6 Å². The van der Waals surface area contributed by atoms with Gasteiger partial charge in [-0.2, -0.15) is 0 Å². The quantitative estimate of drug-likeness (QED) is 0.857. The Kier molecular flexibility index (Phi) is 5.51. The van der Waals surface area contributed by atoms with Gasteiger partial charge in [-0.15, -0.1) is 0 Å². The molecule has 1 unspecified atom stereocenters. The van der Waals surface area contributed by atoms with E-state index < -0.39 is 0 Å². The van der Waals surface area contributed by atoms with Crippen molar-refractivity contribution in [1.29, 1.82) is 0 Å². The summed E-state index contributed by atoms with van der Waals surface area (Å²) in [4.78, 5) is 12.1. The number of aromatic nitrogens is 2. The van der Waals surface area contributed by atoms with E-state index in [4.69, 9.17) is 14.4 Å². The van der Waals surface area contributed by atoms with Crippen LogP contribution in [-0.2, 0) is 19.3 Å². The van der Waals surface area contributed by atoms with E-state index in [1.165, 1.54) is 30.6 Å². The molecule has 0 aromatic carbocycles. The number of piperidine rings is 1. The molecule has 2 aromatic rings. The largest absolute Gasteiger partial charge is 0.469 e. The topological polar surface area (TPSA) is 66.2 Å². The van der Waals surface area contributed by atoms with Crippen LogP contribution in [-0.4, -0.2) is 53.6 Å². The minimum Gasteiger partial charge on any atom is -0.469 e. The predicted octanol–water partition coefficient (Wildman–Crippen LogP) is 2.19. The van der Waals surface area contributed by atoms with E-state index in [-0.39, 0.29) is 0 Å². The Balaban J connectivity index is 1.44. The highest BCUT2D eigenvalue weighted by Crippen LogP contribution is 2.23. The van der Waals surface area contributed by atoms with Gasteiger partial charge in [0.1, 0.15) is 17.4 Å². The molecule has 0 spiro atoms. The third kappa shape index (κ3) is 4.07. The van der Waals surface area contributed by atoms with Crippen LogP contribution in [0.3, 0.4) is 0 Å². The number of hydrogen-bond donors (Lipinski definition) is 2. The van der Waals surface area contributed by atoms with Crippen molar-refractivity contribution in [2.75, 3.05) is 38.0 Å². The van der Waals surface area contributed by atoms with Crippen LogP contribution in [0.25, 0.3) is 0 Å². The third-order valence-electron chi connectivity index (χ3n) is 5.52. The Morgan fingerprint density at radius 2 is 2.23 bits per heavy atom. The summed E-state index contributed by atoms with van der Waals surface area (Å²) in [5.41, 5.74) is 2.53. The molecule has 1 fully saturated rings. The smallest absolute Gasteiger partial charge is 0.133 e. The zero-order chi connectivity index (χ0) is 17.8. The van der Waals surface area contributed by atoms with Crippen molar-refractivity contribution >= 4 is 5.82 Å². The van der Waals surface area contributed by atoms with E-state index in [2.05, 4.69) is 15.5 Å². The van der Waals surface area contributed by atoms with Gasteiger partial charge in [0.2, 0.25) is 0 Å². The van der Waals surface area contributed by atoms with E-state index in [1.807, 2.05) is 19.1 Å². The van der Waals surface area contributed by atoms with Crippen LogP contribution in [0, 0.1) is 6.92 Å². The summed E-state index contributed by atoms with van der Waals surface area (Å²) < 4.78 is 5.42. The first-order valence-electron chi connectivity index (χ1n) is 9.87. The molecule has 1 saturated heterocycles. The van der Waals surface area contributed by atoms with Crippen molar-refractivity contribution in [2.24, 2.45) is 0 Å². The first-order chi connectivity index (χ1) is 12.8. The van der Waals surface area contributed by atoms with Gasteiger partial charge in [-0.1, -0.05) is 0 Å². The van der Waals surface area contributed by atoms with Crippen molar-refractivity contribution in [2.45, 2.75) is 45.1 Å². The second-order valence-electron chi connectivity index (χ2n) is 7.34. The van der Waals surface area contributed by atoms with Crippen molar-refractivity contribution in [1.82, 2.24) is 20.2 Å². The minimum absolute atomic E-state index is 0.669. The second kappa shape index (κ2) is 8.18. The number of hydrogen-bond acceptors (Lipinski definition) is 6. The fourth-order valence-corrected chi connectivity index (χ4v) is 4.16. The predicted molar refractivity (Wildman–Crippen MR) is 103 cm³/mol.